The molecule has 0 aromatic heterocycles. The van der Waals surface area contributed by atoms with Crippen LogP contribution in [-0.4, -0.2) is 120 Å². The van der Waals surface area contributed by atoms with Crippen LogP contribution in [0.4, 0.5) is 11.4 Å². The Bertz CT molecular complexity index is 2650. The Morgan fingerprint density at radius 1 is 0.537 bits per heavy atom. The molecule has 4 aliphatic rings. The minimum absolute atomic E-state index is 0.0275. The van der Waals surface area contributed by atoms with Gasteiger partial charge in [0.2, 0.25) is 41.4 Å². The highest BCUT2D eigenvalue weighted by atomic mass is 16.2. The predicted molar refractivity (Wildman–Crippen MR) is 308 cm³/mol. The topological polar surface area (TPSA) is 227 Å². The molecule has 0 saturated carbocycles. The lowest BCUT2D eigenvalue weighted by atomic mass is 9.79. The summed E-state index contributed by atoms with van der Waals surface area (Å²) in [6.45, 7) is 4.19. The maximum atomic E-state index is 14.2. The molecule has 426 valence electrons. The number of nitrogens with zero attached hydrogens (tertiary/aromatic N) is 2. The van der Waals surface area contributed by atoms with Crippen LogP contribution in [0.5, 0.6) is 0 Å². The average molecular weight is 1090 g/mol. The summed E-state index contributed by atoms with van der Waals surface area (Å²) in [7, 11) is 3.32. The average Bonchev–Trinajstić information content (AvgIpc) is 4.19. The third-order valence-electron chi connectivity index (χ3n) is 16.8. The Hall–Kier alpha value is -7.24. The SMILES string of the molecule is CN[C@@H](C)C(=O)NC(CCC(=O)Nc1ccc(CCc2ccc(NC(=O)CCC(NC(=O)[C@H](C)NC)C(=O)N3CCC[C@H]3C(=O)NC3CCCc4ccccc43)cc2)cc1)C(=O)N1CCC[C@H]1C(=O)C[C@@H]1CCCc2ccccc21. The number of hydrogen-bond donors (Lipinski definition) is 7. The fourth-order valence-corrected chi connectivity index (χ4v) is 11.9. The van der Waals surface area contributed by atoms with Gasteiger partial charge in [-0.2, -0.15) is 0 Å². The molecule has 2 fully saturated rings. The number of Topliss-reactive ketones (excluding diaryl/α,β-unsaturated/α-hetero) is 1. The van der Waals surface area contributed by atoms with Gasteiger partial charge in [-0.1, -0.05) is 72.8 Å². The van der Waals surface area contributed by atoms with Crippen LogP contribution in [-0.2, 0) is 64.0 Å². The molecule has 17 heteroatoms. The van der Waals surface area contributed by atoms with Gasteiger partial charge in [-0.05, 0) is 181 Å². The highest BCUT2D eigenvalue weighted by Crippen LogP contribution is 2.36. The van der Waals surface area contributed by atoms with E-state index in [9.17, 15) is 38.4 Å². The van der Waals surface area contributed by atoms with E-state index in [-0.39, 0.29) is 84.8 Å². The van der Waals surface area contributed by atoms with Gasteiger partial charge in [0.15, 0.2) is 5.78 Å². The zero-order valence-electron chi connectivity index (χ0n) is 47.0. The number of rotatable bonds is 24. The number of carbonyl (C=O) groups is 8. The molecule has 4 aromatic carbocycles. The quantitative estimate of drug-likeness (QED) is 0.0412. The first-order valence-electron chi connectivity index (χ1n) is 29.0. The summed E-state index contributed by atoms with van der Waals surface area (Å²) in [6, 6.07) is 27.0. The molecule has 8 rings (SSSR count). The van der Waals surface area contributed by atoms with E-state index >= 15 is 0 Å². The predicted octanol–water partition coefficient (Wildman–Crippen LogP) is 6.35. The molecule has 0 spiro atoms. The van der Waals surface area contributed by atoms with Crippen molar-refractivity contribution < 1.29 is 38.4 Å². The van der Waals surface area contributed by atoms with Gasteiger partial charge in [0, 0.05) is 43.7 Å². The van der Waals surface area contributed by atoms with E-state index in [2.05, 4.69) is 61.5 Å². The molecular formula is C63H81N9O8. The molecule has 0 bridgehead atoms. The summed E-state index contributed by atoms with van der Waals surface area (Å²) >= 11 is 0. The Morgan fingerprint density at radius 3 is 1.52 bits per heavy atom. The number of anilines is 2. The van der Waals surface area contributed by atoms with Gasteiger partial charge < -0.3 is 47.0 Å². The molecule has 2 aliphatic carbocycles. The van der Waals surface area contributed by atoms with Crippen LogP contribution in [0.3, 0.4) is 0 Å². The van der Waals surface area contributed by atoms with Crippen molar-refractivity contribution in [2.45, 2.75) is 171 Å². The normalized spacial score (nSPS) is 20.0. The number of fused-ring (bicyclic) bond motifs is 2. The van der Waals surface area contributed by atoms with Crippen LogP contribution < -0.4 is 37.2 Å². The first-order chi connectivity index (χ1) is 38.7. The number of carbonyl (C=O) groups excluding carboxylic acids is 8. The van der Waals surface area contributed by atoms with E-state index in [1.54, 1.807) is 37.7 Å². The highest BCUT2D eigenvalue weighted by Gasteiger charge is 2.41. The molecule has 80 heavy (non-hydrogen) atoms. The molecule has 0 radical (unpaired) electrons. The zero-order valence-corrected chi connectivity index (χ0v) is 47.0. The van der Waals surface area contributed by atoms with Crippen molar-refractivity contribution in [3.05, 3.63) is 130 Å². The molecule has 7 amide bonds. The van der Waals surface area contributed by atoms with Crippen molar-refractivity contribution in [2.75, 3.05) is 37.8 Å². The summed E-state index contributed by atoms with van der Waals surface area (Å²) in [5.74, 6) is -2.12. The number of hydrogen-bond acceptors (Lipinski definition) is 10. The second-order valence-electron chi connectivity index (χ2n) is 22.2. The lowest BCUT2D eigenvalue weighted by Gasteiger charge is -2.32. The van der Waals surface area contributed by atoms with Crippen LogP contribution >= 0.6 is 0 Å². The summed E-state index contributed by atoms with van der Waals surface area (Å²) < 4.78 is 0. The monoisotopic (exact) mass is 1090 g/mol. The molecule has 17 nitrogen and oxygen atoms in total. The van der Waals surface area contributed by atoms with Crippen molar-refractivity contribution in [3.8, 4) is 0 Å². The van der Waals surface area contributed by atoms with Crippen molar-refractivity contribution in [2.24, 2.45) is 0 Å². The van der Waals surface area contributed by atoms with E-state index in [4.69, 9.17) is 0 Å². The van der Waals surface area contributed by atoms with Crippen molar-refractivity contribution in [1.29, 1.82) is 0 Å². The molecule has 8 atom stereocenters. The van der Waals surface area contributed by atoms with Crippen LogP contribution in [0.1, 0.15) is 143 Å². The van der Waals surface area contributed by atoms with Gasteiger partial charge in [-0.25, -0.2) is 0 Å². The molecule has 2 saturated heterocycles. The number of amides is 7. The third kappa shape index (κ3) is 15.4. The van der Waals surface area contributed by atoms with Gasteiger partial charge in [0.25, 0.3) is 0 Å². The highest BCUT2D eigenvalue weighted by molar-refractivity contribution is 5.97. The summed E-state index contributed by atoms with van der Waals surface area (Å²) in [5.41, 5.74) is 8.13. The zero-order chi connectivity index (χ0) is 56.7. The molecular weight excluding hydrogens is 1010 g/mol. The second kappa shape index (κ2) is 28.3. The number of likely N-dealkylation sites (N-methyl/N-ethyl adjacent to an activating group) is 2. The first-order valence-corrected chi connectivity index (χ1v) is 29.0. The maximum absolute atomic E-state index is 14.2. The van der Waals surface area contributed by atoms with Crippen LogP contribution in [0.15, 0.2) is 97.1 Å². The van der Waals surface area contributed by atoms with Gasteiger partial charge in [0.1, 0.15) is 18.1 Å². The van der Waals surface area contributed by atoms with E-state index in [0.29, 0.717) is 69.4 Å². The van der Waals surface area contributed by atoms with Crippen molar-refractivity contribution in [3.63, 3.8) is 0 Å². The standard InChI is InChI=1S/C63H81N9O8/c1-40(64-3)59(76)69-52(62(79)71-37-11-21-54(71)56(73)39-46-17-9-15-44-13-5-7-18-49(44)46)33-35-57(74)66-47-29-25-42(26-30-47)23-24-43-27-31-48(32-28-43)67-58(75)36-34-53(70-60(77)41(2)65-4)63(80)72-38-12-22-55(72)61(78)68-51-20-10-16-45-14-6-8-19-50(45)51/h5-8,13-14,18-19,25-32,40-41,46,51-55,64-65H,9-12,15-17,20-24,33-39H2,1-4H3,(H,66,74)(H,67,75)(H,68,78)(H,69,76)(H,70,77)/t40-,41-,46-,51?,52?,53?,54-,55-/m0/s1. The van der Waals surface area contributed by atoms with E-state index < -0.39 is 36.3 Å². The molecule has 2 heterocycles. The fourth-order valence-electron chi connectivity index (χ4n) is 11.9. The van der Waals surface area contributed by atoms with E-state index in [1.807, 2.05) is 72.8 Å². The van der Waals surface area contributed by atoms with Crippen molar-refractivity contribution in [1.82, 2.24) is 36.4 Å². The lowest BCUT2D eigenvalue weighted by molar-refractivity contribution is -0.142. The minimum Gasteiger partial charge on any atom is -0.347 e. The number of likely N-dealkylation sites (tertiary alicyclic amines) is 2. The van der Waals surface area contributed by atoms with Gasteiger partial charge in [-0.15, -0.1) is 0 Å². The number of aryl methyl sites for hydroxylation is 4. The Kier molecular flexibility index (Phi) is 20.8. The number of nitrogens with one attached hydrogen (secondary N) is 7. The summed E-state index contributed by atoms with van der Waals surface area (Å²) in [4.78, 5) is 112. The maximum Gasteiger partial charge on any atom is 0.245 e. The van der Waals surface area contributed by atoms with Crippen LogP contribution in [0.2, 0.25) is 0 Å². The lowest BCUT2D eigenvalue weighted by Crippen LogP contribution is -2.55. The van der Waals surface area contributed by atoms with E-state index in [0.717, 1.165) is 55.2 Å². The fraction of sp³-hybridized carbons (Fsp3) is 0.492. The summed E-state index contributed by atoms with van der Waals surface area (Å²) in [5, 5.41) is 20.6. The van der Waals surface area contributed by atoms with Gasteiger partial charge in [-0.3, -0.25) is 38.4 Å². The second-order valence-corrected chi connectivity index (χ2v) is 22.2. The molecule has 2 aliphatic heterocycles. The smallest absolute Gasteiger partial charge is 0.245 e. The van der Waals surface area contributed by atoms with E-state index in [1.165, 1.54) is 16.7 Å². The van der Waals surface area contributed by atoms with Gasteiger partial charge >= 0.3 is 0 Å². The Balaban J connectivity index is 0.793. The number of ketones is 1. The number of benzene rings is 4. The molecule has 4 aromatic rings. The largest absolute Gasteiger partial charge is 0.347 e. The molecule has 7 N–H and O–H groups in total. The van der Waals surface area contributed by atoms with Gasteiger partial charge in [0.05, 0.1) is 24.2 Å². The molecule has 3 unspecified atom stereocenters. The van der Waals surface area contributed by atoms with Crippen molar-refractivity contribution >= 4 is 58.5 Å². The summed E-state index contributed by atoms with van der Waals surface area (Å²) in [6.07, 6.45) is 9.99. The van der Waals surface area contributed by atoms with Crippen LogP contribution in [0.25, 0.3) is 0 Å². The Morgan fingerprint density at radius 2 is 1.00 bits per heavy atom. The minimum atomic E-state index is -1.01. The third-order valence-corrected chi connectivity index (χ3v) is 16.8. The van der Waals surface area contributed by atoms with Crippen LogP contribution in [0, 0.1) is 0 Å². The Labute approximate surface area is 470 Å². The first kappa shape index (κ1) is 58.9.